The van der Waals surface area contributed by atoms with Crippen LogP contribution in [0.2, 0.25) is 0 Å². The van der Waals surface area contributed by atoms with Crippen LogP contribution in [-0.2, 0) is 40.0 Å². The number of rotatable bonds is 5. The summed E-state index contributed by atoms with van der Waals surface area (Å²) in [6.45, 7) is 3.98. The number of nitrogens with zero attached hydrogens (tertiary/aromatic N) is 1. The van der Waals surface area contributed by atoms with Crippen molar-refractivity contribution >= 4 is 17.5 Å². The number of hydrogen-bond donors (Lipinski definition) is 1. The molecule has 1 N–H and O–H groups in total. The third kappa shape index (κ3) is 3.60. The molecule has 34 heavy (non-hydrogen) atoms. The Morgan fingerprint density at radius 1 is 0.941 bits per heavy atom. The van der Waals surface area contributed by atoms with Gasteiger partial charge in [0, 0.05) is 0 Å². The number of amides is 2. The lowest BCUT2D eigenvalue weighted by Gasteiger charge is -2.35. The third-order valence-corrected chi connectivity index (χ3v) is 6.66. The molecule has 4 saturated heterocycles. The summed E-state index contributed by atoms with van der Waals surface area (Å²) in [4.78, 5) is 31.4. The van der Waals surface area contributed by atoms with Crippen LogP contribution in [-0.4, -0.2) is 54.3 Å². The van der Waals surface area contributed by atoms with Crippen LogP contribution in [0.15, 0.2) is 60.7 Å². The Labute approximate surface area is 196 Å². The SMILES string of the molecule is CC1(C)O[C@H]2O[C@H]([C@H]3[C@@H]4C(=O)NC(=O)[C@@H]4ON3c3ccccc3)[C@H](OCc3ccccc3)[C@H]2O1. The largest absolute Gasteiger partial charge is 0.368 e. The molecule has 0 radical (unpaired) electrons. The number of hydroxylamine groups is 1. The fraction of sp³-hybridized carbons (Fsp3) is 0.440. The summed E-state index contributed by atoms with van der Waals surface area (Å²) in [5.74, 6) is -2.43. The van der Waals surface area contributed by atoms with Crippen molar-refractivity contribution in [3.8, 4) is 0 Å². The summed E-state index contributed by atoms with van der Waals surface area (Å²) in [6.07, 6.45) is -3.32. The highest BCUT2D eigenvalue weighted by atomic mass is 16.8. The smallest absolute Gasteiger partial charge is 0.259 e. The summed E-state index contributed by atoms with van der Waals surface area (Å²) in [5, 5.41) is 4.00. The van der Waals surface area contributed by atoms with Crippen molar-refractivity contribution in [1.82, 2.24) is 5.32 Å². The third-order valence-electron chi connectivity index (χ3n) is 6.66. The van der Waals surface area contributed by atoms with Crippen LogP contribution in [0.25, 0.3) is 0 Å². The van der Waals surface area contributed by atoms with Crippen molar-refractivity contribution in [2.75, 3.05) is 5.06 Å². The Hall–Kier alpha value is -2.82. The molecular formula is C25H26N2O7. The van der Waals surface area contributed by atoms with Gasteiger partial charge in [-0.15, -0.1) is 0 Å². The molecule has 0 spiro atoms. The number of ether oxygens (including phenoxy) is 4. The highest BCUT2D eigenvalue weighted by Crippen LogP contribution is 2.46. The molecule has 6 rings (SSSR count). The molecule has 0 aliphatic carbocycles. The molecule has 0 aromatic heterocycles. The summed E-state index contributed by atoms with van der Waals surface area (Å²) < 4.78 is 24.9. The molecule has 7 atom stereocenters. The molecule has 9 nitrogen and oxygen atoms in total. The van der Waals surface area contributed by atoms with Crippen molar-refractivity contribution in [2.45, 2.75) is 63.0 Å². The van der Waals surface area contributed by atoms with E-state index in [1.54, 1.807) is 5.06 Å². The van der Waals surface area contributed by atoms with Gasteiger partial charge in [0.2, 0.25) is 5.91 Å². The number of carbonyl (C=O) groups excluding carboxylic acids is 2. The number of fused-ring (bicyclic) bond motifs is 2. The van der Waals surface area contributed by atoms with E-state index in [1.165, 1.54) is 0 Å². The molecule has 0 unspecified atom stereocenters. The van der Waals surface area contributed by atoms with E-state index < -0.39 is 54.4 Å². The Balaban J connectivity index is 1.35. The predicted molar refractivity (Wildman–Crippen MR) is 118 cm³/mol. The van der Waals surface area contributed by atoms with E-state index in [9.17, 15) is 9.59 Å². The highest BCUT2D eigenvalue weighted by Gasteiger charge is 2.65. The van der Waals surface area contributed by atoms with Crippen LogP contribution in [0.1, 0.15) is 19.4 Å². The first-order valence-corrected chi connectivity index (χ1v) is 11.4. The summed E-state index contributed by atoms with van der Waals surface area (Å²) in [7, 11) is 0. The van der Waals surface area contributed by atoms with E-state index in [1.807, 2.05) is 74.5 Å². The first-order valence-electron chi connectivity index (χ1n) is 11.4. The van der Waals surface area contributed by atoms with Gasteiger partial charge in [-0.3, -0.25) is 19.7 Å². The Kier molecular flexibility index (Phi) is 5.20. The molecule has 2 aromatic carbocycles. The van der Waals surface area contributed by atoms with Crippen LogP contribution in [0, 0.1) is 5.92 Å². The molecule has 2 aromatic rings. The van der Waals surface area contributed by atoms with E-state index in [0.717, 1.165) is 5.56 Å². The van der Waals surface area contributed by atoms with Crippen LogP contribution in [0.3, 0.4) is 0 Å². The number of imide groups is 1. The van der Waals surface area contributed by atoms with E-state index in [4.69, 9.17) is 23.8 Å². The molecule has 4 aliphatic heterocycles. The second-order valence-corrected chi connectivity index (χ2v) is 9.39. The van der Waals surface area contributed by atoms with Crippen LogP contribution < -0.4 is 10.4 Å². The Morgan fingerprint density at radius 2 is 1.65 bits per heavy atom. The van der Waals surface area contributed by atoms with Gasteiger partial charge in [0.1, 0.15) is 30.3 Å². The van der Waals surface area contributed by atoms with Crippen molar-refractivity contribution in [3.63, 3.8) is 0 Å². The first-order chi connectivity index (χ1) is 16.4. The summed E-state index contributed by atoms with van der Waals surface area (Å²) in [6, 6.07) is 18.5. The van der Waals surface area contributed by atoms with Gasteiger partial charge in [-0.2, -0.15) is 0 Å². The molecular weight excluding hydrogens is 440 g/mol. The predicted octanol–water partition coefficient (Wildman–Crippen LogP) is 1.91. The van der Waals surface area contributed by atoms with Crippen molar-refractivity contribution in [2.24, 2.45) is 5.92 Å². The lowest BCUT2D eigenvalue weighted by molar-refractivity contribution is -0.222. The second kappa shape index (κ2) is 8.14. The lowest BCUT2D eigenvalue weighted by atomic mass is 9.89. The molecule has 9 heteroatoms. The van der Waals surface area contributed by atoms with E-state index in [-0.39, 0.29) is 5.91 Å². The van der Waals surface area contributed by atoms with E-state index in [0.29, 0.717) is 12.3 Å². The Morgan fingerprint density at radius 3 is 2.38 bits per heavy atom. The van der Waals surface area contributed by atoms with Gasteiger partial charge in [0.15, 0.2) is 18.2 Å². The molecule has 2 amide bonds. The minimum Gasteiger partial charge on any atom is -0.368 e. The standard InChI is InChI=1S/C25H26N2O7/c1-25(2)32-21-20(30-13-14-9-5-3-6-10-14)19(31-24(21)33-25)17-16-18(23(29)26-22(16)28)34-27(17)15-11-7-4-8-12-15/h3-12,16-21,24H,13H2,1-2H3,(H,26,28,29)/t16-,17+,18+,19+,20-,21+,24+/m0/s1. The van der Waals surface area contributed by atoms with Crippen LogP contribution >= 0.6 is 0 Å². The molecule has 4 fully saturated rings. The normalized spacial score (nSPS) is 35.9. The van der Waals surface area contributed by atoms with Crippen molar-refractivity contribution < 1.29 is 33.4 Å². The zero-order chi connectivity index (χ0) is 23.4. The number of carbonyl (C=O) groups is 2. The zero-order valence-corrected chi connectivity index (χ0v) is 18.8. The quantitative estimate of drug-likeness (QED) is 0.668. The average Bonchev–Trinajstić information content (AvgIpc) is 3.52. The molecule has 4 heterocycles. The number of anilines is 1. The molecule has 178 valence electrons. The molecule has 0 saturated carbocycles. The molecule has 0 bridgehead atoms. The minimum absolute atomic E-state index is 0.330. The summed E-state index contributed by atoms with van der Waals surface area (Å²) in [5.41, 5.74) is 1.71. The van der Waals surface area contributed by atoms with Gasteiger partial charge < -0.3 is 18.9 Å². The van der Waals surface area contributed by atoms with Crippen LogP contribution in [0.5, 0.6) is 0 Å². The zero-order valence-electron chi connectivity index (χ0n) is 18.8. The lowest BCUT2D eigenvalue weighted by Crippen LogP contribution is -2.52. The summed E-state index contributed by atoms with van der Waals surface area (Å²) >= 11 is 0. The fourth-order valence-electron chi connectivity index (χ4n) is 5.24. The van der Waals surface area contributed by atoms with Crippen LogP contribution in [0.4, 0.5) is 5.69 Å². The topological polar surface area (TPSA) is 95.6 Å². The first kappa shape index (κ1) is 21.7. The minimum atomic E-state index is -0.935. The fourth-order valence-corrected chi connectivity index (χ4v) is 5.24. The highest BCUT2D eigenvalue weighted by molar-refractivity contribution is 6.07. The second-order valence-electron chi connectivity index (χ2n) is 9.39. The maximum atomic E-state index is 12.8. The van der Waals surface area contributed by atoms with E-state index in [2.05, 4.69) is 5.32 Å². The number of benzene rings is 2. The van der Waals surface area contributed by atoms with Gasteiger partial charge in [-0.1, -0.05) is 48.5 Å². The number of nitrogens with one attached hydrogen (secondary N) is 1. The van der Waals surface area contributed by atoms with Gasteiger partial charge in [-0.25, -0.2) is 5.06 Å². The number of para-hydroxylation sites is 1. The maximum absolute atomic E-state index is 12.8. The van der Waals surface area contributed by atoms with Gasteiger partial charge >= 0.3 is 0 Å². The Bertz CT molecular complexity index is 1080. The van der Waals surface area contributed by atoms with E-state index >= 15 is 0 Å². The van der Waals surface area contributed by atoms with Gasteiger partial charge in [-0.05, 0) is 31.5 Å². The molecule has 4 aliphatic rings. The average molecular weight is 466 g/mol. The van der Waals surface area contributed by atoms with Crippen molar-refractivity contribution in [1.29, 1.82) is 0 Å². The van der Waals surface area contributed by atoms with Gasteiger partial charge in [0.25, 0.3) is 5.91 Å². The van der Waals surface area contributed by atoms with Crippen molar-refractivity contribution in [3.05, 3.63) is 66.2 Å². The number of hydrogen-bond acceptors (Lipinski definition) is 8. The van der Waals surface area contributed by atoms with Gasteiger partial charge in [0.05, 0.1) is 12.3 Å². The maximum Gasteiger partial charge on any atom is 0.259 e. The monoisotopic (exact) mass is 466 g/mol.